The van der Waals surface area contributed by atoms with Crippen molar-refractivity contribution in [3.63, 3.8) is 0 Å². The minimum absolute atomic E-state index is 0.0630. The Kier molecular flexibility index (Phi) is 10.1. The lowest BCUT2D eigenvalue weighted by atomic mass is 10.1. The number of alkyl halides is 2. The summed E-state index contributed by atoms with van der Waals surface area (Å²) >= 11 is 16.5. The van der Waals surface area contributed by atoms with E-state index < -0.39 is 24.8 Å². The van der Waals surface area contributed by atoms with E-state index in [1.807, 2.05) is 6.07 Å². The van der Waals surface area contributed by atoms with E-state index in [4.69, 9.17) is 47.6 Å². The van der Waals surface area contributed by atoms with E-state index in [1.165, 1.54) is 30.6 Å². The normalized spacial score (nSPS) is 12.3. The first-order valence-corrected chi connectivity index (χ1v) is 17.0. The Bertz CT molecular complexity index is 2070. The lowest BCUT2D eigenvalue weighted by Crippen LogP contribution is -2.18. The highest BCUT2D eigenvalue weighted by Gasteiger charge is 2.51. The molecule has 0 aliphatic rings. The average Bonchev–Trinajstić information content (AvgIpc) is 3.40. The second-order valence-electron chi connectivity index (χ2n) is 9.61. The van der Waals surface area contributed by atoms with E-state index in [-0.39, 0.29) is 11.0 Å². The molecule has 0 aliphatic heterocycles. The van der Waals surface area contributed by atoms with Crippen molar-refractivity contribution in [3.05, 3.63) is 121 Å². The number of hydrogen-bond donors (Lipinski definition) is 2. The molecule has 0 amide bonds. The van der Waals surface area contributed by atoms with Gasteiger partial charge in [-0.15, -0.1) is 0 Å². The number of nitrogens with zero attached hydrogens (tertiary/aromatic N) is 3. The minimum Gasteiger partial charge on any atom is -0.465 e. The van der Waals surface area contributed by atoms with Gasteiger partial charge in [0.1, 0.15) is 16.5 Å². The van der Waals surface area contributed by atoms with Crippen molar-refractivity contribution in [2.75, 3.05) is 7.11 Å². The summed E-state index contributed by atoms with van der Waals surface area (Å²) in [7, 11) is -4.47. The van der Waals surface area contributed by atoms with E-state index in [0.717, 1.165) is 6.07 Å². The fourth-order valence-electron chi connectivity index (χ4n) is 4.14. The molecule has 0 bridgehead atoms. The first kappa shape index (κ1) is 33.9. The molecule has 0 radical (unpaired) electrons. The highest BCUT2D eigenvalue weighted by Crippen LogP contribution is 2.60. The maximum absolute atomic E-state index is 14.4. The molecule has 1 heterocycles. The van der Waals surface area contributed by atoms with Crippen molar-refractivity contribution in [1.82, 2.24) is 9.78 Å². The molecule has 0 atom stereocenters. The highest BCUT2D eigenvalue weighted by molar-refractivity contribution is 9.10. The maximum atomic E-state index is 14.4. The van der Waals surface area contributed by atoms with E-state index in [2.05, 4.69) is 20.9 Å². The summed E-state index contributed by atoms with van der Waals surface area (Å²) in [6.07, 6.45) is 0. The van der Waals surface area contributed by atoms with Gasteiger partial charge in [-0.2, -0.15) is 13.9 Å². The first-order chi connectivity index (χ1) is 21.7. The van der Waals surface area contributed by atoms with Crippen LogP contribution in [0.15, 0.2) is 94.4 Å². The third kappa shape index (κ3) is 7.58. The van der Waals surface area contributed by atoms with Crippen LogP contribution in [0.2, 0.25) is 10.0 Å². The Balaban J connectivity index is 1.52. The summed E-state index contributed by atoms with van der Waals surface area (Å²) in [5.41, 5.74) is -3.24. The van der Waals surface area contributed by atoms with Crippen LogP contribution in [0.3, 0.4) is 0 Å². The number of ether oxygens (including phenoxy) is 2. The van der Waals surface area contributed by atoms with Gasteiger partial charge >= 0.3 is 19.2 Å². The largest absolute Gasteiger partial charge is 0.465 e. The number of rotatable bonds is 9. The molecule has 0 fully saturated rings. The zero-order valence-corrected chi connectivity index (χ0v) is 28.2. The molecule has 5 aromatic rings. The van der Waals surface area contributed by atoms with E-state index in [1.54, 1.807) is 65.3 Å². The van der Waals surface area contributed by atoms with Crippen LogP contribution in [0.5, 0.6) is 11.5 Å². The predicted molar refractivity (Wildman–Crippen MR) is 174 cm³/mol. The Morgan fingerprint density at radius 1 is 1.02 bits per heavy atom. The molecule has 9 nitrogen and oxygen atoms in total. The number of aromatic nitrogens is 2. The van der Waals surface area contributed by atoms with Gasteiger partial charge in [0.2, 0.25) is 4.80 Å². The van der Waals surface area contributed by atoms with Crippen molar-refractivity contribution in [1.29, 1.82) is 0 Å². The Labute approximate surface area is 283 Å². The van der Waals surface area contributed by atoms with Gasteiger partial charge in [0.15, 0.2) is 0 Å². The quantitative estimate of drug-likeness (QED) is 0.114. The summed E-state index contributed by atoms with van der Waals surface area (Å²) in [4.78, 5) is 35.4. The summed E-state index contributed by atoms with van der Waals surface area (Å²) in [5, 5.41) is 5.91. The van der Waals surface area contributed by atoms with Gasteiger partial charge < -0.3 is 19.3 Å². The van der Waals surface area contributed by atoms with Crippen molar-refractivity contribution < 1.29 is 37.4 Å². The van der Waals surface area contributed by atoms with Gasteiger partial charge in [-0.05, 0) is 60.2 Å². The van der Waals surface area contributed by atoms with E-state index in [9.17, 15) is 18.1 Å². The van der Waals surface area contributed by atoms with Crippen molar-refractivity contribution in [3.8, 4) is 22.1 Å². The second-order valence-corrected chi connectivity index (χ2v) is 13.9. The third-order valence-corrected chi connectivity index (χ3v) is 9.74. The molecule has 0 unspecified atom stereocenters. The van der Waals surface area contributed by atoms with Gasteiger partial charge in [-0.3, -0.25) is 4.57 Å². The SMILES string of the molecule is COC(=O)c1cccc(Oc2cccc(-c3nn(Cc4ccc(C(F)(F)P(=O)(O)O)c(Br)c4)c(=Nc4ccc(Cl)c(Cl)c4)s3)c2)c1. The fourth-order valence-corrected chi connectivity index (χ4v) is 6.69. The standard InChI is InChI=1S/C30H21BrCl2F2N3O6PS/c1-43-28(39)19-5-3-7-22(14-19)44-21-6-2-4-18(13-21)27-37-38(29(46-27)36-20-9-11-25(32)26(33)15-20)16-17-8-10-23(24(31)12-17)30(34,35)45(40,41)42/h2-15H,16H2,1H3,(H2,40,41,42). The summed E-state index contributed by atoms with van der Waals surface area (Å²) in [6.45, 7) is 0.0630. The number of halogens is 5. The van der Waals surface area contributed by atoms with Gasteiger partial charge in [0, 0.05) is 15.6 Å². The Morgan fingerprint density at radius 3 is 2.41 bits per heavy atom. The fraction of sp³-hybridized carbons (Fsp3) is 0.100. The summed E-state index contributed by atoms with van der Waals surface area (Å²) < 4.78 is 52.4. The first-order valence-electron chi connectivity index (χ1n) is 13.0. The Hall–Kier alpha value is -3.42. The van der Waals surface area contributed by atoms with Crippen LogP contribution < -0.4 is 9.54 Å². The number of benzene rings is 4. The molecule has 0 saturated heterocycles. The molecule has 2 N–H and O–H groups in total. The van der Waals surface area contributed by atoms with Crippen molar-refractivity contribution >= 4 is 69.7 Å². The number of carbonyl (C=O) groups excluding carboxylic acids is 1. The van der Waals surface area contributed by atoms with Crippen LogP contribution in [-0.4, -0.2) is 32.6 Å². The molecular weight excluding hydrogens is 750 g/mol. The molecular formula is C30H21BrCl2F2N3O6PS. The van der Waals surface area contributed by atoms with Crippen LogP contribution in [0.25, 0.3) is 10.6 Å². The zero-order chi connectivity index (χ0) is 33.2. The molecule has 16 heteroatoms. The monoisotopic (exact) mass is 769 g/mol. The van der Waals surface area contributed by atoms with Crippen LogP contribution in [0.4, 0.5) is 14.5 Å². The third-order valence-electron chi connectivity index (χ3n) is 6.38. The lowest BCUT2D eigenvalue weighted by molar-refractivity contribution is 0.0557. The smallest absolute Gasteiger partial charge is 0.399 e. The summed E-state index contributed by atoms with van der Waals surface area (Å²) in [6, 6.07) is 22.1. The van der Waals surface area contributed by atoms with Gasteiger partial charge in [-0.1, -0.05) is 80.8 Å². The maximum Gasteiger partial charge on any atom is 0.399 e. The topological polar surface area (TPSA) is 123 Å². The molecule has 5 rings (SSSR count). The molecule has 0 spiro atoms. The zero-order valence-electron chi connectivity index (χ0n) is 23.4. The molecule has 46 heavy (non-hydrogen) atoms. The summed E-state index contributed by atoms with van der Waals surface area (Å²) in [5.74, 6) is 0.389. The van der Waals surface area contributed by atoms with Gasteiger partial charge in [0.05, 0.1) is 35.0 Å². The molecule has 1 aromatic heterocycles. The minimum atomic E-state index is -5.76. The number of hydrogen-bond acceptors (Lipinski definition) is 7. The lowest BCUT2D eigenvalue weighted by Gasteiger charge is -2.19. The van der Waals surface area contributed by atoms with E-state index >= 15 is 0 Å². The van der Waals surface area contributed by atoms with Crippen LogP contribution in [-0.2, 0) is 21.5 Å². The molecule has 4 aromatic carbocycles. The van der Waals surface area contributed by atoms with Crippen molar-refractivity contribution in [2.24, 2.45) is 4.99 Å². The number of carbonyl (C=O) groups is 1. The molecule has 238 valence electrons. The van der Waals surface area contributed by atoms with Crippen LogP contribution >= 0.6 is 58.1 Å². The van der Waals surface area contributed by atoms with Crippen LogP contribution in [0.1, 0.15) is 21.5 Å². The van der Waals surface area contributed by atoms with Crippen molar-refractivity contribution in [2.45, 2.75) is 12.2 Å². The number of methoxy groups -OCH3 is 1. The Morgan fingerprint density at radius 2 is 1.74 bits per heavy atom. The van der Waals surface area contributed by atoms with Gasteiger partial charge in [-0.25, -0.2) is 14.5 Å². The molecule has 0 saturated carbocycles. The molecule has 0 aliphatic carbocycles. The van der Waals surface area contributed by atoms with E-state index in [0.29, 0.717) is 53.7 Å². The van der Waals surface area contributed by atoms with Crippen LogP contribution in [0, 0.1) is 0 Å². The predicted octanol–water partition coefficient (Wildman–Crippen LogP) is 8.77. The number of esters is 1. The van der Waals surface area contributed by atoms with Gasteiger partial charge in [0.25, 0.3) is 0 Å². The highest BCUT2D eigenvalue weighted by atomic mass is 79.9. The average molecular weight is 771 g/mol. The second kappa shape index (κ2) is 13.7.